The Labute approximate surface area is 121 Å². The van der Waals surface area contributed by atoms with E-state index in [1.54, 1.807) is 6.92 Å². The summed E-state index contributed by atoms with van der Waals surface area (Å²) in [7, 11) is 0. The molecule has 1 aromatic heterocycles. The van der Waals surface area contributed by atoms with Gasteiger partial charge in [0.2, 0.25) is 5.88 Å². The van der Waals surface area contributed by atoms with E-state index in [-0.39, 0.29) is 11.6 Å². The number of anilines is 1. The summed E-state index contributed by atoms with van der Waals surface area (Å²) in [5.74, 6) is 0.880. The maximum atomic E-state index is 11.0. The van der Waals surface area contributed by atoms with Gasteiger partial charge in [-0.1, -0.05) is 12.1 Å². The second-order valence-corrected chi connectivity index (χ2v) is 4.99. The predicted octanol–water partition coefficient (Wildman–Crippen LogP) is 3.45. The van der Waals surface area contributed by atoms with Gasteiger partial charge in [-0.05, 0) is 31.4 Å². The second kappa shape index (κ2) is 5.40. The lowest BCUT2D eigenvalue weighted by molar-refractivity contribution is -0.385. The number of benzene rings is 1. The fourth-order valence-corrected chi connectivity index (χ4v) is 2.42. The van der Waals surface area contributed by atoms with E-state index in [0.29, 0.717) is 11.3 Å². The van der Waals surface area contributed by atoms with E-state index in [0.717, 1.165) is 25.1 Å². The van der Waals surface area contributed by atoms with Crippen molar-refractivity contribution in [1.29, 1.82) is 0 Å². The summed E-state index contributed by atoms with van der Waals surface area (Å²) in [4.78, 5) is 14.7. The fraction of sp³-hybridized carbons (Fsp3) is 0.267. The molecular formula is C15H15N3O3. The van der Waals surface area contributed by atoms with E-state index in [9.17, 15) is 10.1 Å². The van der Waals surface area contributed by atoms with Crippen LogP contribution < -0.4 is 10.1 Å². The van der Waals surface area contributed by atoms with Crippen LogP contribution in [0, 0.1) is 17.0 Å². The highest BCUT2D eigenvalue weighted by Crippen LogP contribution is 2.35. The van der Waals surface area contributed by atoms with Crippen LogP contribution in [-0.2, 0) is 6.42 Å². The van der Waals surface area contributed by atoms with Gasteiger partial charge in [-0.3, -0.25) is 10.1 Å². The lowest BCUT2D eigenvalue weighted by Gasteiger charge is -2.20. The summed E-state index contributed by atoms with van der Waals surface area (Å²) in [5.41, 5.74) is 2.67. The maximum Gasteiger partial charge on any atom is 0.279 e. The van der Waals surface area contributed by atoms with Gasteiger partial charge in [-0.15, -0.1) is 0 Å². The summed E-state index contributed by atoms with van der Waals surface area (Å²) in [6.07, 6.45) is 3.54. The van der Waals surface area contributed by atoms with Crippen LogP contribution in [0.3, 0.4) is 0 Å². The Kier molecular flexibility index (Phi) is 3.43. The molecule has 0 aliphatic carbocycles. The van der Waals surface area contributed by atoms with Gasteiger partial charge in [0.25, 0.3) is 5.69 Å². The molecule has 1 aliphatic rings. The van der Waals surface area contributed by atoms with Crippen LogP contribution in [0.25, 0.3) is 0 Å². The summed E-state index contributed by atoms with van der Waals surface area (Å²) in [6.45, 7) is 2.55. The number of nitrogens with one attached hydrogen (secondary N) is 1. The zero-order valence-electron chi connectivity index (χ0n) is 11.6. The molecule has 6 nitrogen and oxygen atoms in total. The van der Waals surface area contributed by atoms with Crippen LogP contribution in [0.1, 0.15) is 17.5 Å². The number of hydrogen-bond acceptors (Lipinski definition) is 5. The molecule has 0 saturated carbocycles. The number of ether oxygens (including phenoxy) is 1. The van der Waals surface area contributed by atoms with Crippen LogP contribution in [0.5, 0.6) is 11.6 Å². The first-order chi connectivity index (χ1) is 10.1. The highest BCUT2D eigenvalue weighted by molar-refractivity contribution is 5.64. The van der Waals surface area contributed by atoms with Gasteiger partial charge < -0.3 is 10.1 Å². The van der Waals surface area contributed by atoms with Crippen LogP contribution in [0.4, 0.5) is 11.4 Å². The second-order valence-electron chi connectivity index (χ2n) is 4.99. The SMILES string of the molecule is Cc1cnc(Oc2cccc3c2NCCC3)cc1[N+](=O)[O-]. The number of nitrogens with zero attached hydrogens (tertiary/aromatic N) is 2. The molecule has 0 unspecified atom stereocenters. The molecule has 108 valence electrons. The zero-order valence-corrected chi connectivity index (χ0v) is 11.6. The fourth-order valence-electron chi connectivity index (χ4n) is 2.42. The molecule has 0 spiro atoms. The van der Waals surface area contributed by atoms with Crippen LogP contribution in [-0.4, -0.2) is 16.5 Å². The quantitative estimate of drug-likeness (QED) is 0.690. The molecule has 3 rings (SSSR count). The highest BCUT2D eigenvalue weighted by Gasteiger charge is 2.17. The molecule has 0 fully saturated rings. The molecule has 1 aromatic carbocycles. The summed E-state index contributed by atoms with van der Waals surface area (Å²) in [5, 5.41) is 14.3. The Morgan fingerprint density at radius 3 is 3.10 bits per heavy atom. The van der Waals surface area contributed by atoms with E-state index >= 15 is 0 Å². The van der Waals surface area contributed by atoms with Crippen molar-refractivity contribution >= 4 is 11.4 Å². The number of fused-ring (bicyclic) bond motifs is 1. The van der Waals surface area contributed by atoms with E-state index in [1.165, 1.54) is 17.8 Å². The molecule has 21 heavy (non-hydrogen) atoms. The third-order valence-electron chi connectivity index (χ3n) is 3.50. The Balaban J connectivity index is 1.94. The molecule has 0 amide bonds. The minimum Gasteiger partial charge on any atom is -0.437 e. The number of para-hydroxylation sites is 1. The number of aromatic nitrogens is 1. The maximum absolute atomic E-state index is 11.0. The van der Waals surface area contributed by atoms with Crippen molar-refractivity contribution in [1.82, 2.24) is 4.98 Å². The monoisotopic (exact) mass is 285 g/mol. The molecule has 0 atom stereocenters. The first kappa shape index (κ1) is 13.4. The van der Waals surface area contributed by atoms with Crippen LogP contribution in [0.15, 0.2) is 30.5 Å². The number of pyridine rings is 1. The van der Waals surface area contributed by atoms with Gasteiger partial charge in [0, 0.05) is 18.3 Å². The lowest BCUT2D eigenvalue weighted by Crippen LogP contribution is -2.12. The van der Waals surface area contributed by atoms with Gasteiger partial charge in [-0.2, -0.15) is 0 Å². The molecule has 2 aromatic rings. The summed E-state index contributed by atoms with van der Waals surface area (Å²) in [6, 6.07) is 7.17. The van der Waals surface area contributed by atoms with Crippen molar-refractivity contribution in [2.45, 2.75) is 19.8 Å². The van der Waals surface area contributed by atoms with Gasteiger partial charge in [0.05, 0.1) is 16.7 Å². The first-order valence-electron chi connectivity index (χ1n) is 6.80. The standard InChI is InChI=1S/C15H15N3O3/c1-10-9-17-14(8-12(10)18(19)20)21-13-6-2-4-11-5-3-7-16-15(11)13/h2,4,6,8-9,16H,3,5,7H2,1H3. The van der Waals surface area contributed by atoms with Gasteiger partial charge in [0.15, 0.2) is 5.75 Å². The average Bonchev–Trinajstić information content (AvgIpc) is 2.49. The molecule has 2 heterocycles. The van der Waals surface area contributed by atoms with E-state index in [2.05, 4.69) is 16.4 Å². The molecule has 0 bridgehead atoms. The number of nitro groups is 1. The van der Waals surface area contributed by atoms with Crippen molar-refractivity contribution in [2.24, 2.45) is 0 Å². The zero-order chi connectivity index (χ0) is 14.8. The van der Waals surface area contributed by atoms with E-state index in [4.69, 9.17) is 4.74 Å². The smallest absolute Gasteiger partial charge is 0.279 e. The minimum absolute atomic E-state index is 0.0118. The van der Waals surface area contributed by atoms with E-state index < -0.39 is 4.92 Å². The summed E-state index contributed by atoms with van der Waals surface area (Å²) >= 11 is 0. The van der Waals surface area contributed by atoms with Crippen LogP contribution >= 0.6 is 0 Å². The minimum atomic E-state index is -0.428. The van der Waals surface area contributed by atoms with Crippen molar-refractivity contribution < 1.29 is 9.66 Å². The topological polar surface area (TPSA) is 77.3 Å². The van der Waals surface area contributed by atoms with Crippen molar-refractivity contribution in [3.63, 3.8) is 0 Å². The third-order valence-corrected chi connectivity index (χ3v) is 3.50. The van der Waals surface area contributed by atoms with Crippen LogP contribution in [0.2, 0.25) is 0 Å². The van der Waals surface area contributed by atoms with E-state index in [1.807, 2.05) is 12.1 Å². The van der Waals surface area contributed by atoms with Gasteiger partial charge in [0.1, 0.15) is 0 Å². The molecule has 0 saturated heterocycles. The lowest BCUT2D eigenvalue weighted by atomic mass is 10.0. The normalized spacial score (nSPS) is 13.2. The average molecular weight is 285 g/mol. The Morgan fingerprint density at radius 1 is 1.43 bits per heavy atom. The molecule has 0 radical (unpaired) electrons. The van der Waals surface area contributed by atoms with Crippen molar-refractivity contribution in [3.8, 4) is 11.6 Å². The van der Waals surface area contributed by atoms with Gasteiger partial charge in [-0.25, -0.2) is 4.98 Å². The third kappa shape index (κ3) is 2.65. The summed E-state index contributed by atoms with van der Waals surface area (Å²) < 4.78 is 5.74. The van der Waals surface area contributed by atoms with Gasteiger partial charge >= 0.3 is 0 Å². The first-order valence-corrected chi connectivity index (χ1v) is 6.80. The molecule has 6 heteroatoms. The molecule has 1 aliphatic heterocycles. The largest absolute Gasteiger partial charge is 0.437 e. The number of hydrogen-bond donors (Lipinski definition) is 1. The Hall–Kier alpha value is -2.63. The highest BCUT2D eigenvalue weighted by atomic mass is 16.6. The predicted molar refractivity (Wildman–Crippen MR) is 79.0 cm³/mol. The Morgan fingerprint density at radius 2 is 2.29 bits per heavy atom. The molecular weight excluding hydrogens is 270 g/mol. The van der Waals surface area contributed by atoms with Crippen molar-refractivity contribution in [3.05, 3.63) is 51.7 Å². The number of rotatable bonds is 3. The molecule has 1 N–H and O–H groups in total. The van der Waals surface area contributed by atoms with Crippen molar-refractivity contribution in [2.75, 3.05) is 11.9 Å². The number of aryl methyl sites for hydroxylation is 2. The Bertz CT molecular complexity index is 701.